The number of hydrogen-bond donors (Lipinski definition) is 1. The maximum absolute atomic E-state index is 12.4. The molecule has 0 radical (unpaired) electrons. The van der Waals surface area contributed by atoms with Crippen molar-refractivity contribution in [2.24, 2.45) is 5.73 Å². The first kappa shape index (κ1) is 8.63. The fourth-order valence-corrected chi connectivity index (χ4v) is 0.444. The molecule has 0 aliphatic carbocycles. The Morgan fingerprint density at radius 3 is 1.67 bits per heavy atom. The predicted molar refractivity (Wildman–Crippen MR) is 37.7 cm³/mol. The molecular formula is C7H14FN. The molecule has 2 N–H and O–H groups in total. The summed E-state index contributed by atoms with van der Waals surface area (Å²) in [5.41, 5.74) is 5.68. The molecule has 0 aromatic heterocycles. The number of halogens is 1. The highest BCUT2D eigenvalue weighted by atomic mass is 19.1. The van der Waals surface area contributed by atoms with Crippen LogP contribution >= 0.6 is 0 Å². The van der Waals surface area contributed by atoms with Crippen molar-refractivity contribution in [1.82, 2.24) is 0 Å². The lowest BCUT2D eigenvalue weighted by atomic mass is 9.96. The second-order valence-electron chi connectivity index (χ2n) is 2.88. The Balaban J connectivity index is 4.40. The van der Waals surface area contributed by atoms with Crippen molar-refractivity contribution in [1.29, 1.82) is 0 Å². The van der Waals surface area contributed by atoms with Crippen LogP contribution in [-0.2, 0) is 0 Å². The van der Waals surface area contributed by atoms with Crippen molar-refractivity contribution in [2.45, 2.75) is 33.2 Å². The molecule has 0 aromatic rings. The van der Waals surface area contributed by atoms with Crippen molar-refractivity contribution >= 4 is 0 Å². The monoisotopic (exact) mass is 131 g/mol. The van der Waals surface area contributed by atoms with Gasteiger partial charge in [0.1, 0.15) is 0 Å². The van der Waals surface area contributed by atoms with E-state index in [-0.39, 0.29) is 5.83 Å². The zero-order valence-corrected chi connectivity index (χ0v) is 6.46. The van der Waals surface area contributed by atoms with Crippen LogP contribution in [0.15, 0.2) is 11.4 Å². The molecule has 0 aliphatic rings. The topological polar surface area (TPSA) is 26.0 Å². The van der Waals surface area contributed by atoms with Gasteiger partial charge in [0, 0.05) is 5.54 Å². The van der Waals surface area contributed by atoms with Gasteiger partial charge in [-0.25, -0.2) is 4.39 Å². The average molecular weight is 131 g/mol. The summed E-state index contributed by atoms with van der Waals surface area (Å²) in [7, 11) is 0. The molecule has 0 atom stereocenters. The number of nitrogens with two attached hydrogens (primary N) is 1. The standard InChI is InChI=1S/C7H14FN/c1-5(6(2)8)7(3,4)9/h9H2,1-4H3. The van der Waals surface area contributed by atoms with Gasteiger partial charge < -0.3 is 5.73 Å². The van der Waals surface area contributed by atoms with Crippen molar-refractivity contribution in [3.63, 3.8) is 0 Å². The van der Waals surface area contributed by atoms with E-state index in [0.29, 0.717) is 5.57 Å². The van der Waals surface area contributed by atoms with Gasteiger partial charge in [-0.3, -0.25) is 0 Å². The van der Waals surface area contributed by atoms with Crippen LogP contribution in [0, 0.1) is 0 Å². The van der Waals surface area contributed by atoms with Crippen molar-refractivity contribution < 1.29 is 4.39 Å². The molecule has 0 aliphatic heterocycles. The highest BCUT2D eigenvalue weighted by Gasteiger charge is 2.15. The maximum atomic E-state index is 12.4. The first-order chi connectivity index (χ1) is 3.85. The Bertz CT molecular complexity index is 126. The van der Waals surface area contributed by atoms with Crippen LogP contribution in [0.1, 0.15) is 27.7 Å². The zero-order valence-electron chi connectivity index (χ0n) is 6.46. The fraction of sp³-hybridized carbons (Fsp3) is 0.714. The number of allylic oxidation sites excluding steroid dienone is 1. The number of rotatable bonds is 1. The third-order valence-corrected chi connectivity index (χ3v) is 1.48. The Morgan fingerprint density at radius 1 is 1.33 bits per heavy atom. The smallest absolute Gasteiger partial charge is 0.0976 e. The van der Waals surface area contributed by atoms with E-state index < -0.39 is 5.54 Å². The van der Waals surface area contributed by atoms with E-state index in [1.807, 2.05) is 0 Å². The van der Waals surface area contributed by atoms with E-state index in [0.717, 1.165) is 0 Å². The molecule has 0 spiro atoms. The lowest BCUT2D eigenvalue weighted by Crippen LogP contribution is -2.33. The van der Waals surface area contributed by atoms with Crippen LogP contribution in [0.4, 0.5) is 4.39 Å². The fourth-order valence-electron chi connectivity index (χ4n) is 0.444. The summed E-state index contributed by atoms with van der Waals surface area (Å²) in [4.78, 5) is 0. The van der Waals surface area contributed by atoms with Crippen LogP contribution in [0.5, 0.6) is 0 Å². The minimum Gasteiger partial charge on any atom is -0.322 e. The van der Waals surface area contributed by atoms with E-state index in [2.05, 4.69) is 0 Å². The largest absolute Gasteiger partial charge is 0.322 e. The summed E-state index contributed by atoms with van der Waals surface area (Å²) >= 11 is 0. The molecule has 54 valence electrons. The lowest BCUT2D eigenvalue weighted by Gasteiger charge is -2.19. The van der Waals surface area contributed by atoms with Gasteiger partial charge in [0.25, 0.3) is 0 Å². The Hall–Kier alpha value is -0.370. The van der Waals surface area contributed by atoms with Gasteiger partial charge >= 0.3 is 0 Å². The van der Waals surface area contributed by atoms with E-state index in [9.17, 15) is 4.39 Å². The van der Waals surface area contributed by atoms with Gasteiger partial charge in [-0.05, 0) is 33.3 Å². The lowest BCUT2D eigenvalue weighted by molar-refractivity contribution is 0.547. The summed E-state index contributed by atoms with van der Waals surface area (Å²) in [6.45, 7) is 6.69. The van der Waals surface area contributed by atoms with Crippen molar-refractivity contribution in [3.05, 3.63) is 11.4 Å². The summed E-state index contributed by atoms with van der Waals surface area (Å²) in [5.74, 6) is -0.178. The number of hydrogen-bond acceptors (Lipinski definition) is 1. The van der Waals surface area contributed by atoms with Crippen LogP contribution in [0.25, 0.3) is 0 Å². The highest BCUT2D eigenvalue weighted by Crippen LogP contribution is 2.16. The average Bonchev–Trinajstić information content (AvgIpc) is 1.62. The van der Waals surface area contributed by atoms with Gasteiger partial charge in [0.15, 0.2) is 0 Å². The summed E-state index contributed by atoms with van der Waals surface area (Å²) in [6.07, 6.45) is 0. The van der Waals surface area contributed by atoms with Crippen LogP contribution in [0.3, 0.4) is 0 Å². The van der Waals surface area contributed by atoms with Crippen LogP contribution in [-0.4, -0.2) is 5.54 Å². The van der Waals surface area contributed by atoms with Crippen molar-refractivity contribution in [3.8, 4) is 0 Å². The molecule has 0 saturated heterocycles. The maximum Gasteiger partial charge on any atom is 0.0976 e. The van der Waals surface area contributed by atoms with Gasteiger partial charge in [0.2, 0.25) is 0 Å². The van der Waals surface area contributed by atoms with Gasteiger partial charge in [-0.1, -0.05) is 0 Å². The van der Waals surface area contributed by atoms with Crippen LogP contribution < -0.4 is 5.73 Å². The summed E-state index contributed by atoms with van der Waals surface area (Å²) in [5, 5.41) is 0. The van der Waals surface area contributed by atoms with E-state index in [1.54, 1.807) is 20.8 Å². The van der Waals surface area contributed by atoms with E-state index in [4.69, 9.17) is 5.73 Å². The minimum atomic E-state index is -0.515. The molecule has 0 aromatic carbocycles. The summed E-state index contributed by atoms with van der Waals surface area (Å²) in [6, 6.07) is 0. The quantitative estimate of drug-likeness (QED) is 0.578. The van der Waals surface area contributed by atoms with Gasteiger partial charge in [-0.2, -0.15) is 0 Å². The molecule has 0 fully saturated rings. The predicted octanol–water partition coefficient (Wildman–Crippen LogP) is 1.99. The first-order valence-electron chi connectivity index (χ1n) is 2.98. The Morgan fingerprint density at radius 2 is 1.67 bits per heavy atom. The molecule has 1 nitrogen and oxygen atoms in total. The van der Waals surface area contributed by atoms with E-state index in [1.165, 1.54) is 6.92 Å². The molecule has 0 bridgehead atoms. The van der Waals surface area contributed by atoms with Crippen molar-refractivity contribution in [2.75, 3.05) is 0 Å². The van der Waals surface area contributed by atoms with Crippen LogP contribution in [0.2, 0.25) is 0 Å². The zero-order chi connectivity index (χ0) is 7.65. The molecule has 0 unspecified atom stereocenters. The highest BCUT2D eigenvalue weighted by molar-refractivity contribution is 5.15. The van der Waals surface area contributed by atoms with Gasteiger partial charge in [-0.15, -0.1) is 0 Å². The minimum absolute atomic E-state index is 0.178. The first-order valence-corrected chi connectivity index (χ1v) is 2.98. The summed E-state index contributed by atoms with van der Waals surface area (Å²) < 4.78 is 12.4. The third-order valence-electron chi connectivity index (χ3n) is 1.48. The Kier molecular flexibility index (Phi) is 2.38. The molecule has 9 heavy (non-hydrogen) atoms. The third kappa shape index (κ3) is 2.61. The normalized spacial score (nSPS) is 15.3. The molecule has 0 amide bonds. The molecule has 0 rings (SSSR count). The molecular weight excluding hydrogens is 117 g/mol. The SMILES string of the molecule is CC(F)=C(C)C(C)(C)N. The molecule has 0 heterocycles. The second kappa shape index (κ2) is 2.48. The van der Waals surface area contributed by atoms with Gasteiger partial charge in [0.05, 0.1) is 5.83 Å². The second-order valence-corrected chi connectivity index (χ2v) is 2.88. The molecule has 2 heteroatoms. The van der Waals surface area contributed by atoms with E-state index >= 15 is 0 Å². The Labute approximate surface area is 55.7 Å². The molecule has 0 saturated carbocycles.